The van der Waals surface area contributed by atoms with Crippen LogP contribution in [0.4, 0.5) is 20.2 Å². The van der Waals surface area contributed by atoms with Gasteiger partial charge in [-0.25, -0.2) is 18.4 Å². The molecule has 2 aliphatic rings. The van der Waals surface area contributed by atoms with E-state index in [0.717, 1.165) is 18.3 Å². The van der Waals surface area contributed by atoms with Gasteiger partial charge in [0, 0.05) is 43.9 Å². The summed E-state index contributed by atoms with van der Waals surface area (Å²) >= 11 is 0. The van der Waals surface area contributed by atoms with Gasteiger partial charge in [0.15, 0.2) is 5.82 Å². The number of piperazine rings is 1. The summed E-state index contributed by atoms with van der Waals surface area (Å²) in [5.74, 6) is -2.39. The minimum absolute atomic E-state index is 0.0190. The molecule has 2 heterocycles. The van der Waals surface area contributed by atoms with Gasteiger partial charge in [0.05, 0.1) is 11.3 Å². The highest BCUT2D eigenvalue weighted by Crippen LogP contribution is 2.41. The van der Waals surface area contributed by atoms with Crippen molar-refractivity contribution in [1.29, 1.82) is 0 Å². The van der Waals surface area contributed by atoms with Gasteiger partial charge >= 0.3 is 5.97 Å². The van der Waals surface area contributed by atoms with Gasteiger partial charge in [-0.15, -0.1) is 0 Å². The third-order valence-electron chi connectivity index (χ3n) is 5.02. The number of carbonyl (C=O) groups excluding carboxylic acids is 1. The van der Waals surface area contributed by atoms with E-state index >= 15 is 4.39 Å². The summed E-state index contributed by atoms with van der Waals surface area (Å²) in [4.78, 5) is 25.9. The van der Waals surface area contributed by atoms with Crippen LogP contribution in [0.15, 0.2) is 23.9 Å². The van der Waals surface area contributed by atoms with Crippen molar-refractivity contribution in [3.05, 3.63) is 41.1 Å². The quantitative estimate of drug-likeness (QED) is 0.800. The highest BCUT2D eigenvalue weighted by atomic mass is 19.1. The van der Waals surface area contributed by atoms with Crippen LogP contribution in [0.1, 0.15) is 18.4 Å². The number of hydrogen-bond acceptors (Lipinski definition) is 5. The van der Waals surface area contributed by atoms with E-state index in [4.69, 9.17) is 0 Å². The Kier molecular flexibility index (Phi) is 4.80. The van der Waals surface area contributed by atoms with Crippen LogP contribution in [-0.2, 0) is 9.59 Å². The van der Waals surface area contributed by atoms with E-state index in [2.05, 4.69) is 10.2 Å². The number of anilines is 2. The molecule has 6 nitrogen and oxygen atoms in total. The summed E-state index contributed by atoms with van der Waals surface area (Å²) in [6.07, 6.45) is 2.08. The van der Waals surface area contributed by atoms with Crippen molar-refractivity contribution in [2.75, 3.05) is 36.9 Å². The van der Waals surface area contributed by atoms with Gasteiger partial charge in [-0.05, 0) is 25.6 Å². The van der Waals surface area contributed by atoms with Gasteiger partial charge in [0.1, 0.15) is 17.4 Å². The van der Waals surface area contributed by atoms with Crippen LogP contribution in [-0.4, -0.2) is 54.6 Å². The first-order valence-corrected chi connectivity index (χ1v) is 8.23. The fourth-order valence-electron chi connectivity index (χ4n) is 3.41. The standard InChI is InChI=1S/C18H19F2N3O3/c1-10-9-23(5-4-22(10)2)17-14(19)7-12-11(3-6-24)13(18(25)26)8-21-16(12)15(17)20/h3,7-8,10-11,21H,4-5,9H2,1-2H3,(H,25,26). The molecule has 2 atom stereocenters. The number of likely N-dealkylation sites (N-methyl/N-ethyl adjacent to an activating group) is 1. The van der Waals surface area contributed by atoms with Crippen molar-refractivity contribution in [3.8, 4) is 0 Å². The summed E-state index contributed by atoms with van der Waals surface area (Å²) in [6, 6.07) is 1.23. The maximum Gasteiger partial charge on any atom is 0.334 e. The summed E-state index contributed by atoms with van der Waals surface area (Å²) in [7, 11) is 1.96. The second kappa shape index (κ2) is 6.90. The number of halogens is 2. The second-order valence-corrected chi connectivity index (χ2v) is 6.57. The molecule has 3 rings (SSSR count). The molecule has 1 aromatic rings. The third kappa shape index (κ3) is 2.98. The molecule has 8 heteroatoms. The number of hydrogen-bond donors (Lipinski definition) is 2. The largest absolute Gasteiger partial charge is 0.478 e. The van der Waals surface area contributed by atoms with E-state index in [0.29, 0.717) is 19.6 Å². The van der Waals surface area contributed by atoms with Crippen molar-refractivity contribution in [2.24, 2.45) is 0 Å². The van der Waals surface area contributed by atoms with Crippen molar-refractivity contribution in [3.63, 3.8) is 0 Å². The lowest BCUT2D eigenvalue weighted by Gasteiger charge is -2.39. The van der Waals surface area contributed by atoms with E-state index < -0.39 is 23.5 Å². The average molecular weight is 363 g/mol. The van der Waals surface area contributed by atoms with Crippen LogP contribution >= 0.6 is 0 Å². The summed E-state index contributed by atoms with van der Waals surface area (Å²) < 4.78 is 29.9. The number of carboxylic acid groups (broad SMARTS) is 1. The molecule has 1 saturated heterocycles. The average Bonchev–Trinajstić information content (AvgIpc) is 2.58. The molecule has 2 aliphatic heterocycles. The number of fused-ring (bicyclic) bond motifs is 1. The van der Waals surface area contributed by atoms with E-state index in [9.17, 15) is 19.1 Å². The van der Waals surface area contributed by atoms with E-state index in [1.807, 2.05) is 14.0 Å². The molecule has 2 unspecified atom stereocenters. The molecule has 1 aromatic carbocycles. The summed E-state index contributed by atoms with van der Waals surface area (Å²) in [6.45, 7) is 3.59. The van der Waals surface area contributed by atoms with Gasteiger partial charge in [0.2, 0.25) is 0 Å². The SMILES string of the molecule is CC1CN(c2c(F)cc3c(c2F)NC=C(C(=O)O)C3C=C=O)CCN1C. The zero-order valence-electron chi connectivity index (χ0n) is 14.4. The number of nitrogens with zero attached hydrogens (tertiary/aromatic N) is 2. The van der Waals surface area contributed by atoms with Gasteiger partial charge in [-0.1, -0.05) is 0 Å². The maximum atomic E-state index is 15.1. The smallest absolute Gasteiger partial charge is 0.334 e. The number of benzene rings is 1. The monoisotopic (exact) mass is 363 g/mol. The Morgan fingerprint density at radius 3 is 2.77 bits per heavy atom. The predicted molar refractivity (Wildman–Crippen MR) is 93.0 cm³/mol. The second-order valence-electron chi connectivity index (χ2n) is 6.57. The van der Waals surface area contributed by atoms with Crippen LogP contribution in [0.3, 0.4) is 0 Å². The molecule has 2 N–H and O–H groups in total. The van der Waals surface area contributed by atoms with Crippen LogP contribution in [0, 0.1) is 11.6 Å². The fourth-order valence-corrected chi connectivity index (χ4v) is 3.41. The summed E-state index contributed by atoms with van der Waals surface area (Å²) in [5.41, 5.74) is -0.276. The Labute approximate surface area is 149 Å². The van der Waals surface area contributed by atoms with Crippen LogP contribution < -0.4 is 10.2 Å². The Bertz CT molecular complexity index is 833. The molecule has 138 valence electrons. The van der Waals surface area contributed by atoms with Crippen molar-refractivity contribution < 1.29 is 23.5 Å². The van der Waals surface area contributed by atoms with Gasteiger partial charge in [-0.2, -0.15) is 0 Å². The van der Waals surface area contributed by atoms with Crippen LogP contribution in [0.25, 0.3) is 0 Å². The lowest BCUT2D eigenvalue weighted by Crippen LogP contribution is -2.50. The topological polar surface area (TPSA) is 72.9 Å². The Balaban J connectivity index is 2.07. The lowest BCUT2D eigenvalue weighted by atomic mass is 9.87. The van der Waals surface area contributed by atoms with E-state index in [-0.39, 0.29) is 28.6 Å². The van der Waals surface area contributed by atoms with E-state index in [1.165, 1.54) is 5.94 Å². The minimum Gasteiger partial charge on any atom is -0.478 e. The molecule has 26 heavy (non-hydrogen) atoms. The number of allylic oxidation sites excluding steroid dienone is 1. The van der Waals surface area contributed by atoms with Gasteiger partial charge in [0.25, 0.3) is 0 Å². The highest BCUT2D eigenvalue weighted by Gasteiger charge is 2.33. The first-order chi connectivity index (χ1) is 12.3. The van der Waals surface area contributed by atoms with Crippen molar-refractivity contribution in [2.45, 2.75) is 18.9 Å². The molecule has 0 amide bonds. The third-order valence-corrected chi connectivity index (χ3v) is 5.02. The molecule has 0 radical (unpaired) electrons. The molecular formula is C18H19F2N3O3. The summed E-state index contributed by atoms with van der Waals surface area (Å²) in [5, 5.41) is 11.9. The van der Waals surface area contributed by atoms with Crippen LogP contribution in [0.5, 0.6) is 0 Å². The van der Waals surface area contributed by atoms with Crippen molar-refractivity contribution in [1.82, 2.24) is 4.90 Å². The first-order valence-electron chi connectivity index (χ1n) is 8.23. The van der Waals surface area contributed by atoms with Crippen molar-refractivity contribution >= 4 is 23.3 Å². The number of carboxylic acids is 1. The predicted octanol–water partition coefficient (Wildman–Crippen LogP) is 1.97. The van der Waals surface area contributed by atoms with Gasteiger partial charge < -0.3 is 20.2 Å². The Hall–Kier alpha value is -2.70. The minimum atomic E-state index is -1.28. The Morgan fingerprint density at radius 1 is 1.42 bits per heavy atom. The maximum absolute atomic E-state index is 15.1. The Morgan fingerprint density at radius 2 is 2.15 bits per heavy atom. The lowest BCUT2D eigenvalue weighted by molar-refractivity contribution is -0.132. The zero-order valence-corrected chi connectivity index (χ0v) is 14.4. The number of carbonyl (C=O) groups is 1. The number of aliphatic carboxylic acids is 1. The number of nitrogens with one attached hydrogen (secondary N) is 1. The molecule has 0 aliphatic carbocycles. The van der Waals surface area contributed by atoms with Gasteiger partial charge in [-0.3, -0.25) is 0 Å². The molecular weight excluding hydrogens is 344 g/mol. The normalized spacial score (nSPS) is 22.8. The number of rotatable bonds is 3. The van der Waals surface area contributed by atoms with Crippen LogP contribution in [0.2, 0.25) is 0 Å². The molecule has 0 spiro atoms. The first kappa shape index (κ1) is 18.1. The zero-order chi connectivity index (χ0) is 19.0. The fraction of sp³-hybridized carbons (Fsp3) is 0.389. The molecule has 1 fully saturated rings. The van der Waals surface area contributed by atoms with E-state index in [1.54, 1.807) is 4.90 Å². The highest BCUT2D eigenvalue weighted by molar-refractivity contribution is 5.92. The molecule has 0 aromatic heterocycles. The molecule has 0 saturated carbocycles. The molecule has 0 bridgehead atoms.